The molecule has 1 aromatic rings. The van der Waals surface area contributed by atoms with Crippen LogP contribution in [0.15, 0.2) is 30.3 Å². The van der Waals surface area contributed by atoms with Crippen molar-refractivity contribution in [3.63, 3.8) is 0 Å². The minimum atomic E-state index is -0.483. The van der Waals surface area contributed by atoms with Crippen molar-refractivity contribution in [2.75, 3.05) is 20.3 Å². The zero-order chi connectivity index (χ0) is 12.3. The van der Waals surface area contributed by atoms with Crippen molar-refractivity contribution >= 4 is 17.3 Å². The number of fused-ring (bicyclic) bond motifs is 1. The van der Waals surface area contributed by atoms with E-state index in [-0.39, 0.29) is 0 Å². The van der Waals surface area contributed by atoms with Crippen LogP contribution >= 0.6 is 0 Å². The monoisotopic (exact) mass is 231 g/mol. The van der Waals surface area contributed by atoms with Crippen molar-refractivity contribution in [2.24, 2.45) is 0 Å². The van der Waals surface area contributed by atoms with Gasteiger partial charge in [0.2, 0.25) is 11.6 Å². The Balaban J connectivity index is 2.29. The second kappa shape index (κ2) is 4.93. The van der Waals surface area contributed by atoms with E-state index in [1.165, 1.54) is 6.08 Å². The topological polar surface area (TPSA) is 55.4 Å². The smallest absolute Gasteiger partial charge is 0.233 e. The van der Waals surface area contributed by atoms with Crippen LogP contribution in [0.5, 0.6) is 0 Å². The Morgan fingerprint density at radius 2 is 1.88 bits per heavy atom. The molecule has 0 spiro atoms. The lowest BCUT2D eigenvalue weighted by Gasteiger charge is -2.17. The van der Waals surface area contributed by atoms with Crippen LogP contribution in [0.4, 0.5) is 0 Å². The molecule has 1 aromatic carbocycles. The largest absolute Gasteiger partial charge is 0.383 e. The lowest BCUT2D eigenvalue weighted by atomic mass is 9.93. The predicted molar refractivity (Wildman–Crippen MR) is 63.6 cm³/mol. The van der Waals surface area contributed by atoms with Gasteiger partial charge >= 0.3 is 0 Å². The fourth-order valence-corrected chi connectivity index (χ4v) is 1.76. The van der Waals surface area contributed by atoms with Gasteiger partial charge in [0.05, 0.1) is 6.61 Å². The summed E-state index contributed by atoms with van der Waals surface area (Å²) in [7, 11) is 1.61. The van der Waals surface area contributed by atoms with Crippen LogP contribution in [-0.4, -0.2) is 31.8 Å². The molecule has 0 saturated carbocycles. The van der Waals surface area contributed by atoms with Crippen LogP contribution in [0.2, 0.25) is 0 Å². The summed E-state index contributed by atoms with van der Waals surface area (Å²) in [5.74, 6) is -0.929. The molecule has 2 rings (SSSR count). The van der Waals surface area contributed by atoms with E-state index in [1.807, 2.05) is 12.1 Å². The fraction of sp³-hybridized carbons (Fsp3) is 0.231. The van der Waals surface area contributed by atoms with Crippen LogP contribution in [0.25, 0.3) is 5.70 Å². The highest BCUT2D eigenvalue weighted by Gasteiger charge is 2.24. The Bertz CT molecular complexity index is 491. The molecule has 1 aliphatic rings. The number of methoxy groups -OCH3 is 1. The molecule has 0 aromatic heterocycles. The lowest BCUT2D eigenvalue weighted by Crippen LogP contribution is -2.26. The van der Waals surface area contributed by atoms with E-state index < -0.39 is 11.6 Å². The van der Waals surface area contributed by atoms with Gasteiger partial charge < -0.3 is 10.1 Å². The van der Waals surface area contributed by atoms with Gasteiger partial charge in [0.25, 0.3) is 0 Å². The van der Waals surface area contributed by atoms with Crippen LogP contribution in [0.3, 0.4) is 0 Å². The van der Waals surface area contributed by atoms with Crippen molar-refractivity contribution in [3.05, 3.63) is 41.5 Å². The Kier molecular flexibility index (Phi) is 3.35. The Hall–Kier alpha value is -1.94. The number of rotatable bonds is 4. The predicted octanol–water partition coefficient (Wildman–Crippen LogP) is 1.03. The molecule has 1 N–H and O–H groups in total. The second-order valence-electron chi connectivity index (χ2n) is 3.72. The third-order valence-corrected chi connectivity index (χ3v) is 2.58. The number of Topliss-reactive ketones (excluding diaryl/α,β-unsaturated/α-hetero) is 1. The molecule has 1 aliphatic carbocycles. The quantitative estimate of drug-likeness (QED) is 0.621. The van der Waals surface area contributed by atoms with Crippen LogP contribution < -0.4 is 5.32 Å². The number of ether oxygens (including phenoxy) is 1. The number of hydrogen-bond acceptors (Lipinski definition) is 4. The average Bonchev–Trinajstić information content (AvgIpc) is 2.36. The van der Waals surface area contributed by atoms with Gasteiger partial charge in [-0.05, 0) is 0 Å². The summed E-state index contributed by atoms with van der Waals surface area (Å²) in [5.41, 5.74) is 1.91. The fourth-order valence-electron chi connectivity index (χ4n) is 1.76. The highest BCUT2D eigenvalue weighted by atomic mass is 16.5. The highest BCUT2D eigenvalue weighted by Crippen LogP contribution is 2.22. The van der Waals surface area contributed by atoms with Gasteiger partial charge in [0, 0.05) is 36.6 Å². The summed E-state index contributed by atoms with van der Waals surface area (Å²) in [6.45, 7) is 1.14. The van der Waals surface area contributed by atoms with Gasteiger partial charge in [0.1, 0.15) is 0 Å². The van der Waals surface area contributed by atoms with E-state index in [1.54, 1.807) is 19.2 Å². The summed E-state index contributed by atoms with van der Waals surface area (Å²) in [6.07, 6.45) is 1.35. The summed E-state index contributed by atoms with van der Waals surface area (Å²) >= 11 is 0. The zero-order valence-electron chi connectivity index (χ0n) is 9.53. The second-order valence-corrected chi connectivity index (χ2v) is 3.72. The SMILES string of the molecule is COCCNC1=CC(=O)C(=O)c2ccccc21. The van der Waals surface area contributed by atoms with E-state index in [9.17, 15) is 9.59 Å². The maximum Gasteiger partial charge on any atom is 0.233 e. The number of ketones is 2. The maximum atomic E-state index is 11.6. The maximum absolute atomic E-state index is 11.6. The van der Waals surface area contributed by atoms with Gasteiger partial charge in [-0.15, -0.1) is 0 Å². The highest BCUT2D eigenvalue weighted by molar-refractivity contribution is 6.50. The molecule has 0 unspecified atom stereocenters. The van der Waals surface area contributed by atoms with Crippen LogP contribution in [0.1, 0.15) is 15.9 Å². The van der Waals surface area contributed by atoms with Gasteiger partial charge in [-0.2, -0.15) is 0 Å². The summed E-state index contributed by atoms with van der Waals surface area (Å²) < 4.78 is 4.93. The minimum Gasteiger partial charge on any atom is -0.383 e. The van der Waals surface area contributed by atoms with Crippen molar-refractivity contribution in [2.45, 2.75) is 0 Å². The molecule has 4 heteroatoms. The lowest BCUT2D eigenvalue weighted by molar-refractivity contribution is -0.111. The van der Waals surface area contributed by atoms with Crippen molar-refractivity contribution in [3.8, 4) is 0 Å². The number of carbonyl (C=O) groups is 2. The third kappa shape index (κ3) is 2.26. The third-order valence-electron chi connectivity index (χ3n) is 2.58. The zero-order valence-corrected chi connectivity index (χ0v) is 9.53. The Morgan fingerprint density at radius 3 is 2.59 bits per heavy atom. The number of benzene rings is 1. The Labute approximate surface area is 99.3 Å². The molecular formula is C13H13NO3. The normalized spacial score (nSPS) is 14.3. The summed E-state index contributed by atoms with van der Waals surface area (Å²) in [4.78, 5) is 23.1. The first-order chi connectivity index (χ1) is 8.24. The minimum absolute atomic E-state index is 0.446. The summed E-state index contributed by atoms with van der Waals surface area (Å²) in [6, 6.07) is 7.09. The van der Waals surface area contributed by atoms with E-state index in [4.69, 9.17) is 4.74 Å². The van der Waals surface area contributed by atoms with Gasteiger partial charge in [-0.25, -0.2) is 0 Å². The molecule has 0 heterocycles. The molecule has 0 radical (unpaired) electrons. The van der Waals surface area contributed by atoms with Gasteiger partial charge in [-0.3, -0.25) is 9.59 Å². The van der Waals surface area contributed by atoms with Gasteiger partial charge in [-0.1, -0.05) is 24.3 Å². The molecule has 0 aliphatic heterocycles. The molecule has 17 heavy (non-hydrogen) atoms. The van der Waals surface area contributed by atoms with Crippen molar-refractivity contribution in [1.82, 2.24) is 5.32 Å². The van der Waals surface area contributed by atoms with Gasteiger partial charge in [0.15, 0.2) is 0 Å². The first-order valence-corrected chi connectivity index (χ1v) is 5.36. The van der Waals surface area contributed by atoms with E-state index in [2.05, 4.69) is 5.32 Å². The number of nitrogens with one attached hydrogen (secondary N) is 1. The Morgan fingerprint density at radius 1 is 1.18 bits per heavy atom. The molecule has 0 bridgehead atoms. The van der Waals surface area contributed by atoms with Crippen molar-refractivity contribution in [1.29, 1.82) is 0 Å². The first kappa shape index (κ1) is 11.5. The number of carbonyl (C=O) groups excluding carboxylic acids is 2. The molecule has 0 atom stereocenters. The van der Waals surface area contributed by atoms with E-state index in [0.29, 0.717) is 24.4 Å². The van der Waals surface area contributed by atoms with E-state index >= 15 is 0 Å². The molecule has 0 fully saturated rings. The first-order valence-electron chi connectivity index (χ1n) is 5.36. The van der Waals surface area contributed by atoms with E-state index in [0.717, 1.165) is 5.56 Å². The van der Waals surface area contributed by atoms with Crippen molar-refractivity contribution < 1.29 is 14.3 Å². The number of hydrogen-bond donors (Lipinski definition) is 1. The average molecular weight is 231 g/mol. The van der Waals surface area contributed by atoms with Crippen LogP contribution in [-0.2, 0) is 9.53 Å². The molecule has 0 saturated heterocycles. The standard InChI is InChI=1S/C13H13NO3/c1-17-7-6-14-11-8-12(15)13(16)10-5-3-2-4-9(10)11/h2-5,8,14H,6-7H2,1H3. The molecule has 4 nitrogen and oxygen atoms in total. The molecule has 0 amide bonds. The summed E-state index contributed by atoms with van der Waals surface area (Å²) in [5, 5.41) is 3.09. The molecular weight excluding hydrogens is 218 g/mol. The molecule has 88 valence electrons. The number of allylic oxidation sites excluding steroid dienone is 1. The van der Waals surface area contributed by atoms with Crippen LogP contribution in [0, 0.1) is 0 Å².